The lowest BCUT2D eigenvalue weighted by atomic mass is 9.99. The van der Waals surface area contributed by atoms with Crippen molar-refractivity contribution >= 4 is 26.8 Å². The minimum absolute atomic E-state index is 0.0487. The van der Waals surface area contributed by atoms with E-state index in [9.17, 15) is 31.8 Å². The van der Waals surface area contributed by atoms with Gasteiger partial charge in [0.2, 0.25) is 0 Å². The molecule has 1 fully saturated rings. The van der Waals surface area contributed by atoms with Gasteiger partial charge in [-0.2, -0.15) is 16.8 Å². The molecule has 190 valence electrons. The lowest BCUT2D eigenvalue weighted by Gasteiger charge is -2.40. The van der Waals surface area contributed by atoms with Crippen LogP contribution in [0.4, 0.5) is 0 Å². The highest BCUT2D eigenvalue weighted by Crippen LogP contribution is 2.29. The highest BCUT2D eigenvalue weighted by molar-refractivity contribution is 7.81. The number of unbranched alkanes of at least 4 members (excludes halogenated alkanes) is 8. The standard InChI is InChI=1S/C17H32O13S2/c1-2-3-4-5-6-7-8-9-10-11-27-17-15(30-32(24,25)26)13(29-31(21,22)23)12(18)14(28-17)16(19)20/h12-15,17-18H,2-11H2,1H3,(H,19,20)(H,21,22,23)(H,24,25,26)/t12-,13-,14-,15+,17?/m0/s1. The molecule has 4 N–H and O–H groups in total. The maximum absolute atomic E-state index is 11.3. The van der Waals surface area contributed by atoms with E-state index in [2.05, 4.69) is 15.3 Å². The topological polar surface area (TPSA) is 203 Å². The van der Waals surface area contributed by atoms with Crippen LogP contribution in [0.3, 0.4) is 0 Å². The average molecular weight is 509 g/mol. The van der Waals surface area contributed by atoms with Crippen LogP contribution in [0.1, 0.15) is 64.7 Å². The van der Waals surface area contributed by atoms with Gasteiger partial charge in [0.15, 0.2) is 18.5 Å². The van der Waals surface area contributed by atoms with Gasteiger partial charge >= 0.3 is 26.8 Å². The highest BCUT2D eigenvalue weighted by atomic mass is 32.3. The largest absolute Gasteiger partial charge is 0.479 e. The molecule has 32 heavy (non-hydrogen) atoms. The molecule has 1 unspecified atom stereocenters. The maximum atomic E-state index is 11.3. The molecule has 1 saturated heterocycles. The van der Waals surface area contributed by atoms with Crippen molar-refractivity contribution in [2.24, 2.45) is 0 Å². The first-order chi connectivity index (χ1) is 14.9. The molecule has 0 spiro atoms. The third kappa shape index (κ3) is 11.3. The van der Waals surface area contributed by atoms with Crippen LogP contribution in [-0.4, -0.2) is 79.4 Å². The van der Waals surface area contributed by atoms with Crippen molar-refractivity contribution in [2.75, 3.05) is 6.61 Å². The van der Waals surface area contributed by atoms with Crippen LogP contribution in [-0.2, 0) is 43.4 Å². The monoisotopic (exact) mass is 508 g/mol. The van der Waals surface area contributed by atoms with Crippen LogP contribution in [0.2, 0.25) is 0 Å². The summed E-state index contributed by atoms with van der Waals surface area (Å²) in [5.41, 5.74) is 0. The third-order valence-corrected chi connectivity index (χ3v) is 5.69. The summed E-state index contributed by atoms with van der Waals surface area (Å²) in [4.78, 5) is 11.3. The normalized spacial score (nSPS) is 26.8. The molecule has 15 heteroatoms. The van der Waals surface area contributed by atoms with Crippen molar-refractivity contribution in [2.45, 2.75) is 95.4 Å². The van der Waals surface area contributed by atoms with Crippen molar-refractivity contribution in [1.29, 1.82) is 0 Å². The summed E-state index contributed by atoms with van der Waals surface area (Å²) >= 11 is 0. The molecule has 1 rings (SSSR count). The number of rotatable bonds is 16. The van der Waals surface area contributed by atoms with E-state index in [1.807, 2.05) is 0 Å². The Hall–Kier alpha value is -0.910. The lowest BCUT2D eigenvalue weighted by Crippen LogP contribution is -2.62. The number of aliphatic hydroxyl groups is 1. The average Bonchev–Trinajstić information content (AvgIpc) is 2.65. The zero-order chi connectivity index (χ0) is 24.4. The van der Waals surface area contributed by atoms with E-state index in [1.165, 1.54) is 19.3 Å². The Labute approximate surface area is 187 Å². The minimum atomic E-state index is -5.28. The number of hydrogen-bond donors (Lipinski definition) is 4. The quantitative estimate of drug-likeness (QED) is 0.170. The number of carboxylic acids is 1. The van der Waals surface area contributed by atoms with Crippen LogP contribution in [0, 0.1) is 0 Å². The smallest absolute Gasteiger partial charge is 0.397 e. The Balaban J connectivity index is 2.73. The first kappa shape index (κ1) is 29.1. The number of carbonyl (C=O) groups is 1. The first-order valence-electron chi connectivity index (χ1n) is 10.3. The van der Waals surface area contributed by atoms with E-state index in [1.54, 1.807) is 0 Å². The fourth-order valence-electron chi connectivity index (χ4n) is 3.27. The van der Waals surface area contributed by atoms with Crippen LogP contribution in [0.5, 0.6) is 0 Å². The molecule has 0 bridgehead atoms. The molecule has 1 heterocycles. The molecule has 0 aromatic carbocycles. The molecule has 5 atom stereocenters. The van der Waals surface area contributed by atoms with Crippen molar-refractivity contribution in [3.8, 4) is 0 Å². The molecule has 0 saturated carbocycles. The second-order valence-electron chi connectivity index (χ2n) is 7.43. The van der Waals surface area contributed by atoms with Gasteiger partial charge in [-0.3, -0.25) is 9.11 Å². The number of ether oxygens (including phenoxy) is 2. The van der Waals surface area contributed by atoms with Gasteiger partial charge in [0.05, 0.1) is 0 Å². The molecular formula is C17H32O13S2. The van der Waals surface area contributed by atoms with Crippen molar-refractivity contribution in [1.82, 2.24) is 0 Å². The van der Waals surface area contributed by atoms with Gasteiger partial charge in [0, 0.05) is 6.61 Å². The highest BCUT2D eigenvalue weighted by Gasteiger charge is 2.53. The Morgan fingerprint density at radius 2 is 1.31 bits per heavy atom. The van der Waals surface area contributed by atoms with E-state index in [4.69, 9.17) is 18.6 Å². The predicted octanol–water partition coefficient (Wildman–Crippen LogP) is 1.08. The second-order valence-corrected chi connectivity index (χ2v) is 9.53. The lowest BCUT2D eigenvalue weighted by molar-refractivity contribution is -0.284. The molecule has 1 aliphatic rings. The van der Waals surface area contributed by atoms with Gasteiger partial charge < -0.3 is 19.7 Å². The molecule has 0 aromatic rings. The molecule has 0 aliphatic carbocycles. The summed E-state index contributed by atoms with van der Waals surface area (Å²) in [6, 6.07) is 0. The summed E-state index contributed by atoms with van der Waals surface area (Å²) in [7, 11) is -10.5. The zero-order valence-corrected chi connectivity index (χ0v) is 19.4. The fraction of sp³-hybridized carbons (Fsp3) is 0.941. The van der Waals surface area contributed by atoms with Crippen LogP contribution in [0.25, 0.3) is 0 Å². The van der Waals surface area contributed by atoms with Crippen molar-refractivity contribution in [3.63, 3.8) is 0 Å². The Morgan fingerprint density at radius 3 is 1.78 bits per heavy atom. The number of aliphatic carboxylic acids is 1. The van der Waals surface area contributed by atoms with Gasteiger partial charge in [-0.05, 0) is 6.42 Å². The second kappa shape index (κ2) is 13.7. The van der Waals surface area contributed by atoms with Gasteiger partial charge in [-0.1, -0.05) is 58.3 Å². The van der Waals surface area contributed by atoms with E-state index < -0.39 is 57.5 Å². The SMILES string of the molecule is CCCCCCCCCCCOC1O[C@H](C(=O)O)[C@@H](O)[C@H](OS(=O)(=O)O)[C@H]1OS(=O)(=O)O. The van der Waals surface area contributed by atoms with E-state index in [0.29, 0.717) is 6.42 Å². The van der Waals surface area contributed by atoms with Crippen LogP contribution < -0.4 is 0 Å². The van der Waals surface area contributed by atoms with Gasteiger partial charge in [0.1, 0.15) is 12.2 Å². The zero-order valence-electron chi connectivity index (χ0n) is 17.7. The van der Waals surface area contributed by atoms with Crippen LogP contribution >= 0.6 is 0 Å². The van der Waals surface area contributed by atoms with E-state index in [0.717, 1.165) is 32.1 Å². The van der Waals surface area contributed by atoms with Gasteiger partial charge in [-0.25, -0.2) is 13.2 Å². The van der Waals surface area contributed by atoms with Crippen LogP contribution in [0.15, 0.2) is 0 Å². The minimum Gasteiger partial charge on any atom is -0.479 e. The summed E-state index contributed by atoms with van der Waals surface area (Å²) < 4.78 is 81.3. The molecule has 0 aromatic heterocycles. The summed E-state index contributed by atoms with van der Waals surface area (Å²) in [6.07, 6.45) is -1.62. The molecule has 0 amide bonds. The summed E-state index contributed by atoms with van der Waals surface area (Å²) in [6.45, 7) is 2.09. The number of hydrogen-bond acceptors (Lipinski definition) is 10. The Bertz CT molecular complexity index is 767. The van der Waals surface area contributed by atoms with E-state index in [-0.39, 0.29) is 6.61 Å². The van der Waals surface area contributed by atoms with Gasteiger partial charge in [-0.15, -0.1) is 0 Å². The fourth-order valence-corrected chi connectivity index (χ4v) is 4.25. The number of aliphatic hydroxyl groups excluding tert-OH is 1. The maximum Gasteiger partial charge on any atom is 0.397 e. The molecule has 13 nitrogen and oxygen atoms in total. The van der Waals surface area contributed by atoms with E-state index >= 15 is 0 Å². The first-order valence-corrected chi connectivity index (χ1v) is 13.1. The van der Waals surface area contributed by atoms with Crippen molar-refractivity contribution < 1.29 is 58.8 Å². The predicted molar refractivity (Wildman–Crippen MR) is 108 cm³/mol. The molecule has 0 radical (unpaired) electrons. The van der Waals surface area contributed by atoms with Gasteiger partial charge in [0.25, 0.3) is 0 Å². The number of carboxylic acid groups (broad SMARTS) is 1. The summed E-state index contributed by atoms with van der Waals surface area (Å²) in [5, 5.41) is 19.3. The molecule has 1 aliphatic heterocycles. The Morgan fingerprint density at radius 1 is 0.844 bits per heavy atom. The summed E-state index contributed by atoms with van der Waals surface area (Å²) in [5.74, 6) is -1.73. The van der Waals surface area contributed by atoms with Crippen molar-refractivity contribution in [3.05, 3.63) is 0 Å². The Kier molecular flexibility index (Phi) is 12.5. The molecular weight excluding hydrogens is 476 g/mol. The third-order valence-electron chi connectivity index (χ3n) is 4.76.